The summed E-state index contributed by atoms with van der Waals surface area (Å²) < 4.78 is 29.2. The molecule has 0 bridgehead atoms. The number of anilines is 1. The van der Waals surface area contributed by atoms with Gasteiger partial charge in [0, 0.05) is 31.7 Å². The lowest BCUT2D eigenvalue weighted by Crippen LogP contribution is -2.36. The number of sulfonamides is 1. The lowest BCUT2D eigenvalue weighted by atomic mass is 10.1. The van der Waals surface area contributed by atoms with Crippen LogP contribution in [0.1, 0.15) is 34.0 Å². The Kier molecular flexibility index (Phi) is 10.3. The van der Waals surface area contributed by atoms with E-state index >= 15 is 0 Å². The second kappa shape index (κ2) is 13.0. The van der Waals surface area contributed by atoms with Gasteiger partial charge in [0.05, 0.1) is 15.1 Å². The molecule has 10 heteroatoms. The van der Waals surface area contributed by atoms with Crippen LogP contribution in [0.15, 0.2) is 71.6 Å². The summed E-state index contributed by atoms with van der Waals surface area (Å²) in [6.45, 7) is 7.70. The van der Waals surface area contributed by atoms with Crippen LogP contribution >= 0.6 is 23.7 Å². The quantitative estimate of drug-likeness (QED) is 0.236. The molecule has 7 nitrogen and oxygen atoms in total. The molecule has 0 aliphatic heterocycles. The summed E-state index contributed by atoms with van der Waals surface area (Å²) >= 11 is 1.49. The van der Waals surface area contributed by atoms with E-state index in [2.05, 4.69) is 19.9 Å². The molecule has 4 rings (SSSR count). The van der Waals surface area contributed by atoms with Gasteiger partial charge in [-0.15, -0.1) is 12.4 Å². The first-order chi connectivity index (χ1) is 18.1. The molecule has 3 aromatic carbocycles. The Balaban J connectivity index is 0.00000420. The Hall–Kier alpha value is -2.82. The fourth-order valence-corrected chi connectivity index (χ4v) is 6.60. The zero-order chi connectivity index (χ0) is 27.4. The predicted molar refractivity (Wildman–Crippen MR) is 163 cm³/mol. The lowest BCUT2D eigenvalue weighted by Gasteiger charge is -2.23. The van der Waals surface area contributed by atoms with Crippen LogP contribution in [0.5, 0.6) is 0 Å². The van der Waals surface area contributed by atoms with Gasteiger partial charge in [-0.3, -0.25) is 9.69 Å². The first-order valence-corrected chi connectivity index (χ1v) is 14.8. The maximum Gasteiger partial charge on any atom is 0.260 e. The van der Waals surface area contributed by atoms with Gasteiger partial charge in [0.25, 0.3) is 5.91 Å². The van der Waals surface area contributed by atoms with E-state index in [0.29, 0.717) is 30.3 Å². The molecule has 0 spiro atoms. The number of amides is 1. The number of halogens is 1. The van der Waals surface area contributed by atoms with Gasteiger partial charge < -0.3 is 4.90 Å². The third-order valence-corrected chi connectivity index (χ3v) is 9.51. The monoisotopic (exact) mass is 586 g/mol. The van der Waals surface area contributed by atoms with Crippen molar-refractivity contribution in [2.45, 2.75) is 32.2 Å². The van der Waals surface area contributed by atoms with Crippen LogP contribution in [-0.4, -0.2) is 62.2 Å². The largest absolute Gasteiger partial charge is 0.308 e. The molecule has 0 atom stereocenters. The average Bonchev–Trinajstić information content (AvgIpc) is 3.30. The minimum Gasteiger partial charge on any atom is -0.308 e. The molecule has 0 aliphatic rings. The van der Waals surface area contributed by atoms with E-state index in [0.717, 1.165) is 21.3 Å². The van der Waals surface area contributed by atoms with Gasteiger partial charge in [0.15, 0.2) is 5.13 Å². The number of hydrogen-bond donors (Lipinski definition) is 0. The summed E-state index contributed by atoms with van der Waals surface area (Å²) in [4.78, 5) is 22.3. The molecular formula is C29H35ClN4O3S2. The van der Waals surface area contributed by atoms with Crippen molar-refractivity contribution < 1.29 is 13.2 Å². The number of carbonyl (C=O) groups is 1. The Labute approximate surface area is 241 Å². The number of nitrogens with zero attached hydrogens (tertiary/aromatic N) is 4. The van der Waals surface area contributed by atoms with Crippen LogP contribution in [0.25, 0.3) is 10.2 Å². The van der Waals surface area contributed by atoms with Crippen LogP contribution in [0.2, 0.25) is 0 Å². The highest BCUT2D eigenvalue weighted by Gasteiger charge is 2.25. The first-order valence-electron chi connectivity index (χ1n) is 12.6. The van der Waals surface area contributed by atoms with Gasteiger partial charge in [0.1, 0.15) is 0 Å². The van der Waals surface area contributed by atoms with Gasteiger partial charge in [-0.05, 0) is 81.0 Å². The van der Waals surface area contributed by atoms with E-state index in [1.54, 1.807) is 17.0 Å². The smallest absolute Gasteiger partial charge is 0.260 e. The van der Waals surface area contributed by atoms with E-state index in [9.17, 15) is 13.2 Å². The van der Waals surface area contributed by atoms with Crippen molar-refractivity contribution in [3.63, 3.8) is 0 Å². The molecule has 1 heterocycles. The number of carbonyl (C=O) groups excluding carboxylic acids is 1. The first kappa shape index (κ1) is 30.7. The fraction of sp³-hybridized carbons (Fsp3) is 0.310. The molecular weight excluding hydrogens is 552 g/mol. The Bertz CT molecular complexity index is 1480. The molecule has 0 aliphatic carbocycles. The normalized spacial score (nSPS) is 11.7. The van der Waals surface area contributed by atoms with Gasteiger partial charge in [-0.1, -0.05) is 48.6 Å². The zero-order valence-electron chi connectivity index (χ0n) is 22.9. The molecule has 0 radical (unpaired) electrons. The van der Waals surface area contributed by atoms with Gasteiger partial charge >= 0.3 is 0 Å². The number of aromatic nitrogens is 1. The van der Waals surface area contributed by atoms with Crippen LogP contribution in [0.4, 0.5) is 5.13 Å². The Morgan fingerprint density at radius 2 is 1.56 bits per heavy atom. The van der Waals surface area contributed by atoms with Crippen molar-refractivity contribution >= 4 is 55.0 Å². The van der Waals surface area contributed by atoms with Crippen LogP contribution < -0.4 is 4.90 Å². The highest BCUT2D eigenvalue weighted by molar-refractivity contribution is 7.89. The molecule has 0 saturated carbocycles. The third kappa shape index (κ3) is 7.04. The van der Waals surface area contributed by atoms with E-state index in [4.69, 9.17) is 4.98 Å². The number of aryl methyl sites for hydroxylation is 2. The fourth-order valence-electron chi connectivity index (χ4n) is 4.10. The van der Waals surface area contributed by atoms with Crippen molar-refractivity contribution in [1.82, 2.24) is 14.2 Å². The molecule has 208 valence electrons. The second-order valence-electron chi connectivity index (χ2n) is 9.60. The summed E-state index contributed by atoms with van der Waals surface area (Å²) in [5.41, 5.74) is 4.55. The van der Waals surface area contributed by atoms with E-state index in [1.807, 2.05) is 62.3 Å². The number of thiazole rings is 1. The lowest BCUT2D eigenvalue weighted by molar-refractivity contribution is 0.0985. The summed E-state index contributed by atoms with van der Waals surface area (Å²) in [6.07, 6.45) is 0. The topological polar surface area (TPSA) is 73.8 Å². The molecule has 1 aromatic heterocycles. The highest BCUT2D eigenvalue weighted by Crippen LogP contribution is 2.32. The molecule has 0 unspecified atom stereocenters. The van der Waals surface area contributed by atoms with Crippen molar-refractivity contribution in [2.24, 2.45) is 0 Å². The van der Waals surface area contributed by atoms with E-state index < -0.39 is 10.0 Å². The van der Waals surface area contributed by atoms with E-state index in [1.165, 1.54) is 33.3 Å². The summed E-state index contributed by atoms with van der Waals surface area (Å²) in [7, 11) is 0.202. The van der Waals surface area contributed by atoms with Crippen molar-refractivity contribution in [3.8, 4) is 0 Å². The number of likely N-dealkylation sites (N-methyl/N-ethyl adjacent to an activating group) is 1. The Morgan fingerprint density at radius 3 is 2.18 bits per heavy atom. The van der Waals surface area contributed by atoms with Crippen LogP contribution in [0.3, 0.4) is 0 Å². The molecule has 1 amide bonds. The van der Waals surface area contributed by atoms with E-state index in [-0.39, 0.29) is 29.8 Å². The highest BCUT2D eigenvalue weighted by atomic mass is 35.5. The Morgan fingerprint density at radius 1 is 0.923 bits per heavy atom. The predicted octanol–water partition coefficient (Wildman–Crippen LogP) is 5.75. The third-order valence-electron chi connectivity index (χ3n) is 6.53. The van der Waals surface area contributed by atoms with Gasteiger partial charge in [-0.2, -0.15) is 4.31 Å². The van der Waals surface area contributed by atoms with Gasteiger partial charge in [-0.25, -0.2) is 13.4 Å². The van der Waals surface area contributed by atoms with Crippen molar-refractivity contribution in [3.05, 3.63) is 89.0 Å². The SMILES string of the molecule is CCN(Cc1ccccc1)S(=O)(=O)c1ccc(C(=O)N(CCN(C)C)c2nc3cc(C)c(C)cc3s2)cc1.Cl. The van der Waals surface area contributed by atoms with Crippen LogP contribution in [-0.2, 0) is 16.6 Å². The van der Waals surface area contributed by atoms with Crippen molar-refractivity contribution in [2.75, 3.05) is 38.6 Å². The molecule has 39 heavy (non-hydrogen) atoms. The molecule has 0 N–H and O–H groups in total. The van der Waals surface area contributed by atoms with Crippen LogP contribution in [0, 0.1) is 13.8 Å². The summed E-state index contributed by atoms with van der Waals surface area (Å²) in [6, 6.07) is 19.9. The molecule has 0 fully saturated rings. The standard InChI is InChI=1S/C29H34N4O3S2.ClH/c1-6-32(20-23-10-8-7-9-11-23)38(35,36)25-14-12-24(13-15-25)28(34)33(17-16-31(4)5)29-30-26-18-21(2)22(3)19-27(26)37-29;/h7-15,18-19H,6,16-17,20H2,1-5H3;1H. The average molecular weight is 587 g/mol. The molecule has 0 saturated heterocycles. The minimum atomic E-state index is -3.72. The number of fused-ring (bicyclic) bond motifs is 1. The van der Waals surface area contributed by atoms with Crippen molar-refractivity contribution in [1.29, 1.82) is 0 Å². The van der Waals surface area contributed by atoms with Gasteiger partial charge in [0.2, 0.25) is 10.0 Å². The zero-order valence-corrected chi connectivity index (χ0v) is 25.4. The number of rotatable bonds is 10. The number of benzene rings is 3. The second-order valence-corrected chi connectivity index (χ2v) is 12.5. The maximum absolute atomic E-state index is 13.7. The number of hydrogen-bond acceptors (Lipinski definition) is 6. The maximum atomic E-state index is 13.7. The molecule has 4 aromatic rings. The minimum absolute atomic E-state index is 0. The summed E-state index contributed by atoms with van der Waals surface area (Å²) in [5.74, 6) is -0.208. The summed E-state index contributed by atoms with van der Waals surface area (Å²) in [5, 5.41) is 0.633.